The summed E-state index contributed by atoms with van der Waals surface area (Å²) >= 11 is 0. The number of nitrogens with one attached hydrogen (secondary N) is 1. The number of rotatable bonds is 1. The molecule has 0 aromatic heterocycles. The third-order valence-corrected chi connectivity index (χ3v) is 2.95. The predicted molar refractivity (Wildman–Crippen MR) is 59.3 cm³/mol. The van der Waals surface area contributed by atoms with E-state index in [0.717, 1.165) is 19.6 Å². The van der Waals surface area contributed by atoms with Crippen LogP contribution in [-0.2, 0) is 0 Å². The summed E-state index contributed by atoms with van der Waals surface area (Å²) in [6.07, 6.45) is 1.21. The van der Waals surface area contributed by atoms with E-state index in [1.54, 1.807) is 0 Å². The highest BCUT2D eigenvalue weighted by molar-refractivity contribution is 5.19. The Balaban J connectivity index is 2.15. The van der Waals surface area contributed by atoms with Crippen LogP contribution in [0.3, 0.4) is 0 Å². The highest BCUT2D eigenvalue weighted by atomic mass is 15.2. The first kappa shape index (κ1) is 9.69. The summed E-state index contributed by atoms with van der Waals surface area (Å²) in [4.78, 5) is 2.44. The smallest absolute Gasteiger partial charge is 0.0357 e. The minimum absolute atomic E-state index is 0.589. The van der Waals surface area contributed by atoms with Gasteiger partial charge in [0.1, 0.15) is 0 Å². The minimum atomic E-state index is 0.589. The Kier molecular flexibility index (Phi) is 3.17. The Labute approximate surface area is 85.9 Å². The molecule has 1 atom stereocenters. The topological polar surface area (TPSA) is 15.3 Å². The second kappa shape index (κ2) is 4.58. The van der Waals surface area contributed by atoms with E-state index in [1.165, 1.54) is 12.0 Å². The molecule has 0 aliphatic carbocycles. The van der Waals surface area contributed by atoms with Gasteiger partial charge in [-0.3, -0.25) is 4.90 Å². The standard InChI is InChI=1S/C12H18N2/c1-14-10-9-13-8-7-12(14)11-5-3-2-4-6-11/h2-6,12-13H,7-10H2,1H3. The van der Waals surface area contributed by atoms with Crippen molar-refractivity contribution in [2.45, 2.75) is 12.5 Å². The maximum absolute atomic E-state index is 3.44. The molecule has 14 heavy (non-hydrogen) atoms. The molecule has 1 heterocycles. The Bertz CT molecular complexity index is 271. The third kappa shape index (κ3) is 2.14. The lowest BCUT2D eigenvalue weighted by molar-refractivity contribution is 0.258. The van der Waals surface area contributed by atoms with Crippen LogP contribution in [-0.4, -0.2) is 31.6 Å². The number of hydrogen-bond donors (Lipinski definition) is 1. The first-order valence-corrected chi connectivity index (χ1v) is 5.34. The van der Waals surface area contributed by atoms with Gasteiger partial charge in [0.05, 0.1) is 0 Å². The zero-order valence-electron chi connectivity index (χ0n) is 8.74. The molecule has 1 aromatic carbocycles. The van der Waals surface area contributed by atoms with Crippen molar-refractivity contribution >= 4 is 0 Å². The fourth-order valence-electron chi connectivity index (χ4n) is 2.09. The Hall–Kier alpha value is -0.860. The second-order valence-electron chi connectivity index (χ2n) is 3.95. The van der Waals surface area contributed by atoms with Crippen LogP contribution in [0.4, 0.5) is 0 Å². The van der Waals surface area contributed by atoms with Gasteiger partial charge in [-0.1, -0.05) is 30.3 Å². The van der Waals surface area contributed by atoms with Gasteiger partial charge >= 0.3 is 0 Å². The summed E-state index contributed by atoms with van der Waals surface area (Å²) in [6, 6.07) is 11.4. The molecule has 2 nitrogen and oxygen atoms in total. The fourth-order valence-corrected chi connectivity index (χ4v) is 2.09. The molecule has 1 fully saturated rings. The van der Waals surface area contributed by atoms with Crippen molar-refractivity contribution in [1.29, 1.82) is 0 Å². The van der Waals surface area contributed by atoms with Crippen LogP contribution < -0.4 is 5.32 Å². The summed E-state index contributed by atoms with van der Waals surface area (Å²) in [5, 5.41) is 3.44. The largest absolute Gasteiger partial charge is 0.315 e. The van der Waals surface area contributed by atoms with E-state index < -0.39 is 0 Å². The molecular weight excluding hydrogens is 172 g/mol. The van der Waals surface area contributed by atoms with Crippen LogP contribution in [0.2, 0.25) is 0 Å². The van der Waals surface area contributed by atoms with Crippen molar-refractivity contribution in [3.8, 4) is 0 Å². The van der Waals surface area contributed by atoms with Crippen LogP contribution in [0.15, 0.2) is 30.3 Å². The van der Waals surface area contributed by atoms with Crippen molar-refractivity contribution in [2.24, 2.45) is 0 Å². The zero-order chi connectivity index (χ0) is 9.80. The lowest BCUT2D eigenvalue weighted by Crippen LogP contribution is -2.26. The second-order valence-corrected chi connectivity index (χ2v) is 3.95. The molecule has 1 unspecified atom stereocenters. The highest BCUT2D eigenvalue weighted by Crippen LogP contribution is 2.22. The van der Waals surface area contributed by atoms with Gasteiger partial charge in [-0.05, 0) is 25.6 Å². The molecule has 0 saturated carbocycles. The van der Waals surface area contributed by atoms with Gasteiger partial charge < -0.3 is 5.32 Å². The van der Waals surface area contributed by atoms with Gasteiger partial charge in [0.2, 0.25) is 0 Å². The van der Waals surface area contributed by atoms with E-state index >= 15 is 0 Å². The van der Waals surface area contributed by atoms with Crippen LogP contribution in [0.25, 0.3) is 0 Å². The van der Waals surface area contributed by atoms with Gasteiger partial charge in [0.25, 0.3) is 0 Å². The van der Waals surface area contributed by atoms with E-state index in [1.807, 2.05) is 0 Å². The van der Waals surface area contributed by atoms with Gasteiger partial charge in [-0.25, -0.2) is 0 Å². The SMILES string of the molecule is CN1CCNCCC1c1ccccc1. The normalized spacial score (nSPS) is 24.5. The Morgan fingerprint density at radius 3 is 2.79 bits per heavy atom. The molecule has 76 valence electrons. The summed E-state index contributed by atoms with van der Waals surface area (Å²) in [5.41, 5.74) is 1.44. The Morgan fingerprint density at radius 2 is 2.00 bits per heavy atom. The summed E-state index contributed by atoms with van der Waals surface area (Å²) in [7, 11) is 2.21. The zero-order valence-corrected chi connectivity index (χ0v) is 8.74. The maximum atomic E-state index is 3.44. The van der Waals surface area contributed by atoms with E-state index in [4.69, 9.17) is 0 Å². The quantitative estimate of drug-likeness (QED) is 0.724. The average molecular weight is 190 g/mol. The summed E-state index contributed by atoms with van der Waals surface area (Å²) in [5.74, 6) is 0. The van der Waals surface area contributed by atoms with Crippen LogP contribution in [0.5, 0.6) is 0 Å². The lowest BCUT2D eigenvalue weighted by Gasteiger charge is -2.25. The van der Waals surface area contributed by atoms with Gasteiger partial charge in [-0.15, -0.1) is 0 Å². The predicted octanol–water partition coefficient (Wildman–Crippen LogP) is 1.65. The first-order chi connectivity index (χ1) is 6.88. The maximum Gasteiger partial charge on any atom is 0.0357 e. The molecule has 1 aliphatic rings. The van der Waals surface area contributed by atoms with E-state index in [-0.39, 0.29) is 0 Å². The van der Waals surface area contributed by atoms with Gasteiger partial charge in [0, 0.05) is 19.1 Å². The molecule has 1 aromatic rings. The van der Waals surface area contributed by atoms with Crippen molar-refractivity contribution < 1.29 is 0 Å². The molecule has 0 spiro atoms. The molecule has 2 heteroatoms. The first-order valence-electron chi connectivity index (χ1n) is 5.34. The molecule has 1 aliphatic heterocycles. The van der Waals surface area contributed by atoms with Crippen molar-refractivity contribution in [2.75, 3.05) is 26.7 Å². The fraction of sp³-hybridized carbons (Fsp3) is 0.500. The molecular formula is C12H18N2. The van der Waals surface area contributed by atoms with E-state index in [0.29, 0.717) is 6.04 Å². The number of benzene rings is 1. The average Bonchev–Trinajstić information content (AvgIpc) is 2.44. The third-order valence-electron chi connectivity index (χ3n) is 2.95. The van der Waals surface area contributed by atoms with E-state index in [9.17, 15) is 0 Å². The Morgan fingerprint density at radius 1 is 1.21 bits per heavy atom. The molecule has 0 bridgehead atoms. The number of nitrogens with zero attached hydrogens (tertiary/aromatic N) is 1. The number of likely N-dealkylation sites (N-methyl/N-ethyl adjacent to an activating group) is 1. The van der Waals surface area contributed by atoms with Crippen molar-refractivity contribution in [1.82, 2.24) is 10.2 Å². The molecule has 1 saturated heterocycles. The lowest BCUT2D eigenvalue weighted by atomic mass is 10.0. The van der Waals surface area contributed by atoms with E-state index in [2.05, 4.69) is 47.6 Å². The molecule has 2 rings (SSSR count). The summed E-state index contributed by atoms with van der Waals surface area (Å²) in [6.45, 7) is 3.38. The molecule has 0 radical (unpaired) electrons. The molecule has 0 amide bonds. The van der Waals surface area contributed by atoms with Crippen molar-refractivity contribution in [3.05, 3.63) is 35.9 Å². The molecule has 1 N–H and O–H groups in total. The van der Waals surface area contributed by atoms with Crippen LogP contribution >= 0.6 is 0 Å². The van der Waals surface area contributed by atoms with Gasteiger partial charge in [-0.2, -0.15) is 0 Å². The van der Waals surface area contributed by atoms with Crippen LogP contribution in [0.1, 0.15) is 18.0 Å². The van der Waals surface area contributed by atoms with Crippen LogP contribution in [0, 0.1) is 0 Å². The highest BCUT2D eigenvalue weighted by Gasteiger charge is 2.18. The number of hydrogen-bond acceptors (Lipinski definition) is 2. The summed E-state index contributed by atoms with van der Waals surface area (Å²) < 4.78 is 0. The van der Waals surface area contributed by atoms with Gasteiger partial charge in [0.15, 0.2) is 0 Å². The van der Waals surface area contributed by atoms with Crippen molar-refractivity contribution in [3.63, 3.8) is 0 Å². The monoisotopic (exact) mass is 190 g/mol. The minimum Gasteiger partial charge on any atom is -0.315 e.